The lowest BCUT2D eigenvalue weighted by molar-refractivity contribution is 0.140. The fraction of sp³-hybridized carbons (Fsp3) is 0.458. The Bertz CT molecular complexity index is 867. The maximum atomic E-state index is 6.19. The second-order valence-corrected chi connectivity index (χ2v) is 7.62. The van der Waals surface area contributed by atoms with E-state index in [1.54, 1.807) is 14.2 Å². The highest BCUT2D eigenvalue weighted by Crippen LogP contribution is 2.24. The van der Waals surface area contributed by atoms with Crippen LogP contribution in [0.1, 0.15) is 28.7 Å². The molecule has 1 saturated heterocycles. The molecule has 0 saturated carbocycles. The number of benzene rings is 2. The van der Waals surface area contributed by atoms with Crippen LogP contribution in [0.2, 0.25) is 0 Å². The Kier molecular flexibility index (Phi) is 10.4. The number of nitrogens with zero attached hydrogens (tertiary/aromatic N) is 1. The van der Waals surface area contributed by atoms with E-state index >= 15 is 0 Å². The molecule has 170 valence electrons. The first-order valence-electron chi connectivity index (χ1n) is 10.5. The first-order chi connectivity index (χ1) is 14.6. The predicted molar refractivity (Wildman–Crippen MR) is 136 cm³/mol. The van der Waals surface area contributed by atoms with E-state index in [1.807, 2.05) is 0 Å². The van der Waals surface area contributed by atoms with Crippen LogP contribution in [0.4, 0.5) is 0 Å². The van der Waals surface area contributed by atoms with Crippen molar-refractivity contribution < 1.29 is 14.2 Å². The maximum absolute atomic E-state index is 6.19. The van der Waals surface area contributed by atoms with Crippen molar-refractivity contribution in [1.82, 2.24) is 10.6 Å². The van der Waals surface area contributed by atoms with Crippen LogP contribution in [0.5, 0.6) is 11.5 Å². The average Bonchev–Trinajstić information content (AvgIpc) is 3.26. The number of hydrogen-bond acceptors (Lipinski definition) is 4. The summed E-state index contributed by atoms with van der Waals surface area (Å²) in [5.74, 6) is 2.61. The van der Waals surface area contributed by atoms with Crippen molar-refractivity contribution in [2.24, 2.45) is 4.99 Å². The Hall–Kier alpha value is -2.00. The Morgan fingerprint density at radius 3 is 2.68 bits per heavy atom. The standard InChI is InChI=1S/C24H33N3O3.HI/c1-17-5-8-20(23(13-17)30-21-10-12-29-16-21)15-27-24(25-3)26-11-9-19-7-6-18(2)22(14-19)28-4;/h5-8,13-14,21H,9-12,15-16H2,1-4H3,(H2,25,26,27);1H. The average molecular weight is 539 g/mol. The summed E-state index contributed by atoms with van der Waals surface area (Å²) in [5, 5.41) is 6.77. The molecule has 0 radical (unpaired) electrons. The van der Waals surface area contributed by atoms with Gasteiger partial charge < -0.3 is 24.8 Å². The van der Waals surface area contributed by atoms with Crippen LogP contribution in [0, 0.1) is 13.8 Å². The summed E-state index contributed by atoms with van der Waals surface area (Å²) in [6, 6.07) is 12.6. The molecule has 6 nitrogen and oxygen atoms in total. The molecule has 1 unspecified atom stereocenters. The largest absolute Gasteiger partial charge is 0.496 e. The Labute approximate surface area is 202 Å². The number of halogens is 1. The smallest absolute Gasteiger partial charge is 0.191 e. The minimum Gasteiger partial charge on any atom is -0.496 e. The topological polar surface area (TPSA) is 64.1 Å². The van der Waals surface area contributed by atoms with E-state index in [1.165, 1.54) is 11.1 Å². The fourth-order valence-electron chi connectivity index (χ4n) is 3.45. The zero-order chi connectivity index (χ0) is 21.3. The molecule has 2 N–H and O–H groups in total. The molecular weight excluding hydrogens is 505 g/mol. The van der Waals surface area contributed by atoms with Gasteiger partial charge in [-0.25, -0.2) is 0 Å². The molecule has 1 fully saturated rings. The number of aryl methyl sites for hydroxylation is 2. The van der Waals surface area contributed by atoms with Crippen LogP contribution in [0.3, 0.4) is 0 Å². The van der Waals surface area contributed by atoms with Crippen LogP contribution >= 0.6 is 24.0 Å². The third-order valence-corrected chi connectivity index (χ3v) is 5.25. The third-order valence-electron chi connectivity index (χ3n) is 5.25. The number of ether oxygens (including phenoxy) is 3. The van der Waals surface area contributed by atoms with E-state index in [4.69, 9.17) is 14.2 Å². The highest BCUT2D eigenvalue weighted by atomic mass is 127. The molecule has 0 spiro atoms. The summed E-state index contributed by atoms with van der Waals surface area (Å²) in [6.07, 6.45) is 1.96. The number of hydrogen-bond donors (Lipinski definition) is 2. The number of methoxy groups -OCH3 is 1. The van der Waals surface area contributed by atoms with Crippen molar-refractivity contribution in [3.05, 3.63) is 58.7 Å². The first-order valence-corrected chi connectivity index (χ1v) is 10.5. The second kappa shape index (κ2) is 12.8. The number of guanidine groups is 1. The summed E-state index contributed by atoms with van der Waals surface area (Å²) < 4.78 is 17.0. The van der Waals surface area contributed by atoms with Gasteiger partial charge in [0.2, 0.25) is 0 Å². The van der Waals surface area contributed by atoms with Gasteiger partial charge in [-0.05, 0) is 49.1 Å². The zero-order valence-electron chi connectivity index (χ0n) is 18.9. The molecule has 0 aliphatic carbocycles. The van der Waals surface area contributed by atoms with Crippen LogP contribution in [0.15, 0.2) is 41.4 Å². The molecule has 1 atom stereocenters. The van der Waals surface area contributed by atoms with Gasteiger partial charge in [0.25, 0.3) is 0 Å². The molecule has 31 heavy (non-hydrogen) atoms. The van der Waals surface area contributed by atoms with Crippen LogP contribution in [-0.4, -0.2) is 46.0 Å². The lowest BCUT2D eigenvalue weighted by atomic mass is 10.1. The summed E-state index contributed by atoms with van der Waals surface area (Å²) >= 11 is 0. The minimum atomic E-state index is 0. The molecule has 1 heterocycles. The lowest BCUT2D eigenvalue weighted by Gasteiger charge is -2.18. The Morgan fingerprint density at radius 2 is 1.97 bits per heavy atom. The zero-order valence-corrected chi connectivity index (χ0v) is 21.2. The van der Waals surface area contributed by atoms with Crippen molar-refractivity contribution in [3.63, 3.8) is 0 Å². The molecule has 2 aromatic carbocycles. The molecule has 0 aromatic heterocycles. The van der Waals surface area contributed by atoms with Gasteiger partial charge in [0.05, 0.1) is 20.3 Å². The summed E-state index contributed by atoms with van der Waals surface area (Å²) in [5.41, 5.74) is 4.67. The Morgan fingerprint density at radius 1 is 1.13 bits per heavy atom. The maximum Gasteiger partial charge on any atom is 0.191 e. The van der Waals surface area contributed by atoms with E-state index in [2.05, 4.69) is 65.9 Å². The molecule has 3 rings (SSSR count). The monoisotopic (exact) mass is 539 g/mol. The van der Waals surface area contributed by atoms with E-state index in [0.29, 0.717) is 13.2 Å². The van der Waals surface area contributed by atoms with Crippen molar-refractivity contribution >= 4 is 29.9 Å². The summed E-state index contributed by atoms with van der Waals surface area (Å²) in [6.45, 7) is 6.98. The minimum absolute atomic E-state index is 0. The van der Waals surface area contributed by atoms with Crippen LogP contribution in [0.25, 0.3) is 0 Å². The Balaban J connectivity index is 0.00000341. The molecular formula is C24H34IN3O3. The van der Waals surface area contributed by atoms with Crippen molar-refractivity contribution in [2.45, 2.75) is 39.3 Å². The van der Waals surface area contributed by atoms with Gasteiger partial charge in [-0.2, -0.15) is 0 Å². The molecule has 1 aliphatic rings. The highest BCUT2D eigenvalue weighted by molar-refractivity contribution is 14.0. The highest BCUT2D eigenvalue weighted by Gasteiger charge is 2.18. The van der Waals surface area contributed by atoms with Crippen molar-refractivity contribution in [2.75, 3.05) is 33.9 Å². The van der Waals surface area contributed by atoms with E-state index in [-0.39, 0.29) is 30.1 Å². The molecule has 2 aromatic rings. The molecule has 1 aliphatic heterocycles. The quantitative estimate of drug-likeness (QED) is 0.302. The molecule has 7 heteroatoms. The van der Waals surface area contributed by atoms with Crippen molar-refractivity contribution in [3.8, 4) is 11.5 Å². The van der Waals surface area contributed by atoms with Gasteiger partial charge in [0.1, 0.15) is 17.6 Å². The fourth-order valence-corrected chi connectivity index (χ4v) is 3.45. The van der Waals surface area contributed by atoms with E-state index in [0.717, 1.165) is 54.6 Å². The van der Waals surface area contributed by atoms with Crippen LogP contribution in [-0.2, 0) is 17.7 Å². The first kappa shape index (κ1) is 25.3. The van der Waals surface area contributed by atoms with E-state index in [9.17, 15) is 0 Å². The SMILES string of the molecule is CN=C(NCCc1ccc(C)c(OC)c1)NCc1ccc(C)cc1OC1CCOC1.I. The predicted octanol–water partition coefficient (Wildman–Crippen LogP) is 4.01. The van der Waals surface area contributed by atoms with Gasteiger partial charge >= 0.3 is 0 Å². The molecule has 0 bridgehead atoms. The van der Waals surface area contributed by atoms with Gasteiger partial charge in [0.15, 0.2) is 5.96 Å². The second-order valence-electron chi connectivity index (χ2n) is 7.62. The van der Waals surface area contributed by atoms with Gasteiger partial charge in [-0.3, -0.25) is 4.99 Å². The van der Waals surface area contributed by atoms with Crippen LogP contribution < -0.4 is 20.1 Å². The van der Waals surface area contributed by atoms with Crippen molar-refractivity contribution in [1.29, 1.82) is 0 Å². The number of rotatable bonds is 8. The van der Waals surface area contributed by atoms with Gasteiger partial charge in [-0.15, -0.1) is 24.0 Å². The lowest BCUT2D eigenvalue weighted by Crippen LogP contribution is -2.38. The third kappa shape index (κ3) is 7.57. The van der Waals surface area contributed by atoms with Gasteiger partial charge in [-0.1, -0.05) is 24.3 Å². The van der Waals surface area contributed by atoms with E-state index < -0.39 is 0 Å². The number of nitrogens with one attached hydrogen (secondary N) is 2. The number of aliphatic imine (C=N–C) groups is 1. The normalized spacial score (nSPS) is 15.9. The van der Waals surface area contributed by atoms with Gasteiger partial charge in [0, 0.05) is 32.1 Å². The summed E-state index contributed by atoms with van der Waals surface area (Å²) in [4.78, 5) is 4.34. The molecule has 0 amide bonds. The summed E-state index contributed by atoms with van der Waals surface area (Å²) in [7, 11) is 3.49.